The van der Waals surface area contributed by atoms with E-state index in [4.69, 9.17) is 0 Å². The first-order chi connectivity index (χ1) is 9.29. The van der Waals surface area contributed by atoms with E-state index in [1.165, 1.54) is 49.9 Å². The number of carbonyl (C=O) groups is 1. The minimum Gasteiger partial charge on any atom is -0.338 e. The SMILES string of the molecule is CCCCCCCCCN(CC)C(=O)c1cccs1. The van der Waals surface area contributed by atoms with Crippen molar-refractivity contribution in [2.24, 2.45) is 0 Å². The van der Waals surface area contributed by atoms with Crippen LogP contribution in [0.3, 0.4) is 0 Å². The third-order valence-electron chi connectivity index (χ3n) is 3.43. The lowest BCUT2D eigenvalue weighted by molar-refractivity contribution is 0.0766. The average Bonchev–Trinajstić information content (AvgIpc) is 2.95. The fraction of sp³-hybridized carbons (Fsp3) is 0.688. The molecule has 1 heterocycles. The van der Waals surface area contributed by atoms with E-state index in [1.807, 2.05) is 22.4 Å². The average molecular weight is 281 g/mol. The van der Waals surface area contributed by atoms with Gasteiger partial charge in [0.25, 0.3) is 5.91 Å². The Morgan fingerprint density at radius 1 is 1.11 bits per heavy atom. The Hall–Kier alpha value is -0.830. The van der Waals surface area contributed by atoms with Crippen molar-refractivity contribution in [1.82, 2.24) is 4.90 Å². The van der Waals surface area contributed by atoms with Crippen molar-refractivity contribution < 1.29 is 4.79 Å². The highest BCUT2D eigenvalue weighted by Crippen LogP contribution is 2.13. The zero-order chi connectivity index (χ0) is 13.9. The molecule has 19 heavy (non-hydrogen) atoms. The van der Waals surface area contributed by atoms with Gasteiger partial charge in [-0.15, -0.1) is 11.3 Å². The number of hydrogen-bond acceptors (Lipinski definition) is 2. The van der Waals surface area contributed by atoms with Gasteiger partial charge in [-0.1, -0.05) is 51.5 Å². The zero-order valence-electron chi connectivity index (χ0n) is 12.4. The van der Waals surface area contributed by atoms with E-state index in [0.717, 1.165) is 24.4 Å². The third-order valence-corrected chi connectivity index (χ3v) is 4.29. The number of unbranched alkanes of at least 4 members (excludes halogenated alkanes) is 6. The first kappa shape index (κ1) is 16.2. The molecule has 0 N–H and O–H groups in total. The van der Waals surface area contributed by atoms with E-state index in [2.05, 4.69) is 13.8 Å². The lowest BCUT2D eigenvalue weighted by Gasteiger charge is -2.20. The molecule has 1 aromatic heterocycles. The lowest BCUT2D eigenvalue weighted by Crippen LogP contribution is -2.31. The minimum absolute atomic E-state index is 0.198. The molecule has 1 aromatic rings. The van der Waals surface area contributed by atoms with Crippen molar-refractivity contribution in [3.05, 3.63) is 22.4 Å². The number of amides is 1. The van der Waals surface area contributed by atoms with Crippen LogP contribution in [-0.4, -0.2) is 23.9 Å². The summed E-state index contributed by atoms with van der Waals surface area (Å²) >= 11 is 1.54. The Bertz CT molecular complexity index is 335. The topological polar surface area (TPSA) is 20.3 Å². The molecule has 3 heteroatoms. The van der Waals surface area contributed by atoms with Crippen LogP contribution in [0.15, 0.2) is 17.5 Å². The van der Waals surface area contributed by atoms with Crippen molar-refractivity contribution >= 4 is 17.2 Å². The minimum atomic E-state index is 0.198. The molecule has 0 aliphatic heterocycles. The number of thiophene rings is 1. The fourth-order valence-electron chi connectivity index (χ4n) is 2.22. The number of hydrogen-bond donors (Lipinski definition) is 0. The van der Waals surface area contributed by atoms with Gasteiger partial charge in [-0.3, -0.25) is 4.79 Å². The summed E-state index contributed by atoms with van der Waals surface area (Å²) in [5, 5.41) is 1.97. The van der Waals surface area contributed by atoms with Crippen molar-refractivity contribution in [3.8, 4) is 0 Å². The highest BCUT2D eigenvalue weighted by atomic mass is 32.1. The van der Waals surface area contributed by atoms with Crippen LogP contribution in [0.1, 0.15) is 68.5 Å². The molecular formula is C16H27NOS. The van der Waals surface area contributed by atoms with Crippen molar-refractivity contribution in [2.75, 3.05) is 13.1 Å². The van der Waals surface area contributed by atoms with Gasteiger partial charge < -0.3 is 4.90 Å². The molecule has 1 rings (SSSR count). The lowest BCUT2D eigenvalue weighted by atomic mass is 10.1. The molecule has 0 radical (unpaired) electrons. The molecule has 0 spiro atoms. The zero-order valence-corrected chi connectivity index (χ0v) is 13.2. The number of rotatable bonds is 10. The van der Waals surface area contributed by atoms with Gasteiger partial charge in [0.15, 0.2) is 0 Å². The molecule has 0 saturated heterocycles. The normalized spacial score (nSPS) is 10.6. The Morgan fingerprint density at radius 3 is 2.37 bits per heavy atom. The summed E-state index contributed by atoms with van der Waals surface area (Å²) in [6.45, 7) is 6.02. The van der Waals surface area contributed by atoms with E-state index < -0.39 is 0 Å². The Balaban J connectivity index is 2.17. The van der Waals surface area contributed by atoms with Crippen LogP contribution < -0.4 is 0 Å². The number of carbonyl (C=O) groups excluding carboxylic acids is 1. The van der Waals surface area contributed by atoms with Crippen molar-refractivity contribution in [2.45, 2.75) is 58.8 Å². The molecule has 0 saturated carbocycles. The van der Waals surface area contributed by atoms with Crippen LogP contribution in [0, 0.1) is 0 Å². The second-order valence-electron chi connectivity index (χ2n) is 4.98. The van der Waals surface area contributed by atoms with Crippen LogP contribution in [0.4, 0.5) is 0 Å². The molecule has 0 unspecified atom stereocenters. The van der Waals surface area contributed by atoms with E-state index in [-0.39, 0.29) is 5.91 Å². The summed E-state index contributed by atoms with van der Waals surface area (Å²) in [4.78, 5) is 15.0. The largest absolute Gasteiger partial charge is 0.338 e. The predicted molar refractivity (Wildman–Crippen MR) is 83.9 cm³/mol. The van der Waals surface area contributed by atoms with E-state index in [9.17, 15) is 4.79 Å². The summed E-state index contributed by atoms with van der Waals surface area (Å²) in [5.74, 6) is 0.198. The summed E-state index contributed by atoms with van der Waals surface area (Å²) in [7, 11) is 0. The molecule has 0 bridgehead atoms. The van der Waals surface area contributed by atoms with Gasteiger partial charge >= 0.3 is 0 Å². The van der Waals surface area contributed by atoms with E-state index in [1.54, 1.807) is 0 Å². The van der Waals surface area contributed by atoms with E-state index >= 15 is 0 Å². The van der Waals surface area contributed by atoms with Gasteiger partial charge in [-0.25, -0.2) is 0 Å². The molecule has 0 aliphatic rings. The van der Waals surface area contributed by atoms with Crippen LogP contribution in [-0.2, 0) is 0 Å². The second kappa shape index (κ2) is 10.0. The molecule has 0 aromatic carbocycles. The van der Waals surface area contributed by atoms with Gasteiger partial charge in [-0.05, 0) is 24.8 Å². The van der Waals surface area contributed by atoms with Crippen molar-refractivity contribution in [1.29, 1.82) is 0 Å². The molecule has 0 atom stereocenters. The summed E-state index contributed by atoms with van der Waals surface area (Å²) in [6, 6.07) is 3.86. The highest BCUT2D eigenvalue weighted by Gasteiger charge is 2.13. The van der Waals surface area contributed by atoms with Crippen LogP contribution >= 0.6 is 11.3 Å². The van der Waals surface area contributed by atoms with Gasteiger partial charge in [0.05, 0.1) is 4.88 Å². The number of nitrogens with zero attached hydrogens (tertiary/aromatic N) is 1. The maximum atomic E-state index is 12.2. The van der Waals surface area contributed by atoms with Crippen LogP contribution in [0.25, 0.3) is 0 Å². The first-order valence-electron chi connectivity index (χ1n) is 7.62. The standard InChI is InChI=1S/C16H27NOS/c1-3-5-6-7-8-9-10-13-17(4-2)16(18)15-12-11-14-19-15/h11-12,14H,3-10,13H2,1-2H3. The Morgan fingerprint density at radius 2 is 1.79 bits per heavy atom. The van der Waals surface area contributed by atoms with E-state index in [0.29, 0.717) is 0 Å². The Kier molecular flexibility index (Phi) is 8.55. The predicted octanol–water partition coefficient (Wildman–Crippen LogP) is 4.96. The van der Waals surface area contributed by atoms with Crippen LogP contribution in [0.5, 0.6) is 0 Å². The first-order valence-corrected chi connectivity index (χ1v) is 8.50. The van der Waals surface area contributed by atoms with Gasteiger partial charge in [0.2, 0.25) is 0 Å². The Labute approximate surface area is 121 Å². The molecule has 0 fully saturated rings. The maximum absolute atomic E-state index is 12.2. The third kappa shape index (κ3) is 6.24. The van der Waals surface area contributed by atoms with Gasteiger partial charge in [-0.2, -0.15) is 0 Å². The summed E-state index contributed by atoms with van der Waals surface area (Å²) in [6.07, 6.45) is 9.07. The summed E-state index contributed by atoms with van der Waals surface area (Å²) < 4.78 is 0. The van der Waals surface area contributed by atoms with Crippen molar-refractivity contribution in [3.63, 3.8) is 0 Å². The molecule has 1 amide bonds. The molecular weight excluding hydrogens is 254 g/mol. The quantitative estimate of drug-likeness (QED) is 0.555. The highest BCUT2D eigenvalue weighted by molar-refractivity contribution is 7.12. The van der Waals surface area contributed by atoms with Gasteiger partial charge in [0, 0.05) is 13.1 Å². The fourth-order valence-corrected chi connectivity index (χ4v) is 2.91. The molecule has 108 valence electrons. The van der Waals surface area contributed by atoms with Gasteiger partial charge in [0.1, 0.15) is 0 Å². The molecule has 0 aliphatic carbocycles. The smallest absolute Gasteiger partial charge is 0.263 e. The summed E-state index contributed by atoms with van der Waals surface area (Å²) in [5.41, 5.74) is 0. The second-order valence-corrected chi connectivity index (χ2v) is 5.93. The van der Waals surface area contributed by atoms with Crippen LogP contribution in [0.2, 0.25) is 0 Å². The maximum Gasteiger partial charge on any atom is 0.263 e. The molecule has 2 nitrogen and oxygen atoms in total. The monoisotopic (exact) mass is 281 g/mol.